The number of hydrogen-bond acceptors (Lipinski definition) is 5. The second-order valence-electron chi connectivity index (χ2n) is 4.49. The van der Waals surface area contributed by atoms with Crippen molar-refractivity contribution in [3.8, 4) is 5.75 Å². The molecule has 1 heterocycles. The van der Waals surface area contributed by atoms with E-state index in [1.165, 1.54) is 4.90 Å². The van der Waals surface area contributed by atoms with E-state index >= 15 is 0 Å². The average molecular weight is 295 g/mol. The quantitative estimate of drug-likeness (QED) is 0.724. The number of carbonyl (C=O) groups is 1. The van der Waals surface area contributed by atoms with Gasteiger partial charge in [-0.15, -0.1) is 0 Å². The molecule has 1 aromatic rings. The predicted octanol–water partition coefficient (Wildman–Crippen LogP) is 2.55. The first-order valence-corrected chi connectivity index (χ1v) is 7.03. The third-order valence-electron chi connectivity index (χ3n) is 3.26. The van der Waals surface area contributed by atoms with E-state index in [9.17, 15) is 4.79 Å². The molecule has 1 aliphatic heterocycles. The maximum atomic E-state index is 12.0. The van der Waals surface area contributed by atoms with Crippen molar-refractivity contribution >= 4 is 6.09 Å². The van der Waals surface area contributed by atoms with Crippen LogP contribution in [0.25, 0.3) is 0 Å². The molecule has 6 nitrogen and oxygen atoms in total. The Labute approximate surface area is 124 Å². The van der Waals surface area contributed by atoms with E-state index < -0.39 is 12.5 Å². The SMILES string of the molecule is CCOC(OCC)N1C(=O)OC[C@H]1c1ccc(OC)cc1. The van der Waals surface area contributed by atoms with Crippen LogP contribution in [0, 0.1) is 0 Å². The number of hydrogen-bond donors (Lipinski definition) is 0. The highest BCUT2D eigenvalue weighted by atomic mass is 16.7. The van der Waals surface area contributed by atoms with Crippen LogP contribution in [0.3, 0.4) is 0 Å². The molecule has 116 valence electrons. The first kappa shape index (κ1) is 15.6. The molecule has 6 heteroatoms. The Morgan fingerprint density at radius 3 is 2.38 bits per heavy atom. The molecular formula is C15H21NO5. The van der Waals surface area contributed by atoms with Gasteiger partial charge in [0.05, 0.1) is 13.2 Å². The first-order valence-electron chi connectivity index (χ1n) is 7.03. The van der Waals surface area contributed by atoms with Crippen molar-refractivity contribution in [2.75, 3.05) is 26.9 Å². The number of rotatable bonds is 7. The minimum Gasteiger partial charge on any atom is -0.497 e. The molecule has 0 aromatic heterocycles. The second kappa shape index (κ2) is 7.28. The summed E-state index contributed by atoms with van der Waals surface area (Å²) in [6, 6.07) is 7.30. The van der Waals surface area contributed by atoms with E-state index in [4.69, 9.17) is 18.9 Å². The molecule has 2 rings (SSSR count). The standard InChI is InChI=1S/C15H21NO5/c1-4-19-15(20-5-2)16-13(10-21-14(16)17)11-6-8-12(18-3)9-7-11/h6-9,13,15H,4-5,10H2,1-3H3/t13-/m0/s1. The van der Waals surface area contributed by atoms with Crippen molar-refractivity contribution in [2.45, 2.75) is 26.3 Å². The van der Waals surface area contributed by atoms with Crippen molar-refractivity contribution in [2.24, 2.45) is 0 Å². The third kappa shape index (κ3) is 3.46. The van der Waals surface area contributed by atoms with E-state index in [0.717, 1.165) is 11.3 Å². The third-order valence-corrected chi connectivity index (χ3v) is 3.26. The lowest BCUT2D eigenvalue weighted by atomic mass is 10.1. The van der Waals surface area contributed by atoms with Crippen LogP contribution < -0.4 is 4.74 Å². The van der Waals surface area contributed by atoms with Crippen molar-refractivity contribution in [1.29, 1.82) is 0 Å². The lowest BCUT2D eigenvalue weighted by molar-refractivity contribution is -0.208. The van der Waals surface area contributed by atoms with Crippen molar-refractivity contribution in [3.05, 3.63) is 29.8 Å². The molecule has 0 saturated carbocycles. The van der Waals surface area contributed by atoms with Gasteiger partial charge in [0.2, 0.25) is 6.41 Å². The Bertz CT molecular complexity index is 456. The van der Waals surface area contributed by atoms with Gasteiger partial charge >= 0.3 is 6.09 Å². The topological polar surface area (TPSA) is 57.2 Å². The van der Waals surface area contributed by atoms with Crippen molar-refractivity contribution in [1.82, 2.24) is 4.90 Å². The van der Waals surface area contributed by atoms with E-state index in [1.54, 1.807) is 7.11 Å². The van der Waals surface area contributed by atoms with E-state index in [1.807, 2.05) is 38.1 Å². The normalized spacial score (nSPS) is 18.2. The summed E-state index contributed by atoms with van der Waals surface area (Å²) in [4.78, 5) is 13.5. The minimum absolute atomic E-state index is 0.230. The van der Waals surface area contributed by atoms with Gasteiger partial charge in [0, 0.05) is 13.2 Å². The van der Waals surface area contributed by atoms with Gasteiger partial charge in [0.25, 0.3) is 0 Å². The Hall–Kier alpha value is -1.79. The Morgan fingerprint density at radius 2 is 1.86 bits per heavy atom. The maximum absolute atomic E-state index is 12.0. The monoisotopic (exact) mass is 295 g/mol. The Balaban J connectivity index is 2.21. The van der Waals surface area contributed by atoms with E-state index in [0.29, 0.717) is 13.2 Å². The average Bonchev–Trinajstić information content (AvgIpc) is 2.89. The molecular weight excluding hydrogens is 274 g/mol. The highest BCUT2D eigenvalue weighted by Gasteiger charge is 2.40. The van der Waals surface area contributed by atoms with Gasteiger partial charge < -0.3 is 18.9 Å². The van der Waals surface area contributed by atoms with Crippen LogP contribution in [-0.2, 0) is 14.2 Å². The second-order valence-corrected chi connectivity index (χ2v) is 4.49. The fourth-order valence-corrected chi connectivity index (χ4v) is 2.24. The van der Waals surface area contributed by atoms with Gasteiger partial charge in [-0.2, -0.15) is 0 Å². The molecule has 1 aromatic carbocycles. The summed E-state index contributed by atoms with van der Waals surface area (Å²) in [5, 5.41) is 0. The summed E-state index contributed by atoms with van der Waals surface area (Å²) >= 11 is 0. The number of nitrogens with zero attached hydrogens (tertiary/aromatic N) is 1. The molecule has 0 spiro atoms. The number of amides is 1. The Morgan fingerprint density at radius 1 is 1.24 bits per heavy atom. The van der Waals surface area contributed by atoms with E-state index in [-0.39, 0.29) is 12.6 Å². The van der Waals surface area contributed by atoms with Crippen molar-refractivity contribution < 1.29 is 23.7 Å². The van der Waals surface area contributed by atoms with Crippen LogP contribution in [0.15, 0.2) is 24.3 Å². The highest BCUT2D eigenvalue weighted by Crippen LogP contribution is 2.31. The number of ether oxygens (including phenoxy) is 4. The first-order chi connectivity index (χ1) is 10.2. The maximum Gasteiger partial charge on any atom is 0.414 e. The van der Waals surface area contributed by atoms with Gasteiger partial charge in [0.15, 0.2) is 0 Å². The lowest BCUT2D eigenvalue weighted by Gasteiger charge is -2.29. The fraction of sp³-hybridized carbons (Fsp3) is 0.533. The number of carbonyl (C=O) groups excluding carboxylic acids is 1. The van der Waals surface area contributed by atoms with Crippen molar-refractivity contribution in [3.63, 3.8) is 0 Å². The van der Waals surface area contributed by atoms with Gasteiger partial charge in [0.1, 0.15) is 12.4 Å². The zero-order valence-electron chi connectivity index (χ0n) is 12.6. The van der Waals surface area contributed by atoms with Crippen LogP contribution in [0.5, 0.6) is 5.75 Å². The molecule has 0 radical (unpaired) electrons. The van der Waals surface area contributed by atoms with E-state index in [2.05, 4.69) is 0 Å². The molecule has 1 saturated heterocycles. The molecule has 0 bridgehead atoms. The van der Waals surface area contributed by atoms with Crippen LogP contribution >= 0.6 is 0 Å². The van der Waals surface area contributed by atoms with Gasteiger partial charge in [-0.25, -0.2) is 9.69 Å². The van der Waals surface area contributed by atoms with Gasteiger partial charge in [-0.05, 0) is 31.5 Å². The van der Waals surface area contributed by atoms with Crippen LogP contribution in [-0.4, -0.2) is 44.3 Å². The minimum atomic E-state index is -0.734. The molecule has 1 amide bonds. The summed E-state index contributed by atoms with van der Waals surface area (Å²) in [7, 11) is 1.61. The zero-order chi connectivity index (χ0) is 15.2. The zero-order valence-corrected chi connectivity index (χ0v) is 12.6. The van der Waals surface area contributed by atoms with Gasteiger partial charge in [-0.3, -0.25) is 0 Å². The highest BCUT2D eigenvalue weighted by molar-refractivity contribution is 5.70. The Kier molecular flexibility index (Phi) is 5.41. The fourth-order valence-electron chi connectivity index (χ4n) is 2.24. The molecule has 0 N–H and O–H groups in total. The smallest absolute Gasteiger partial charge is 0.414 e. The molecule has 1 fully saturated rings. The molecule has 1 aliphatic rings. The molecule has 1 atom stereocenters. The molecule has 0 unspecified atom stereocenters. The number of cyclic esters (lactones) is 1. The summed E-state index contributed by atoms with van der Waals surface area (Å²) in [5.41, 5.74) is 0.950. The predicted molar refractivity (Wildman–Crippen MR) is 76.0 cm³/mol. The van der Waals surface area contributed by atoms with Crippen LogP contribution in [0.2, 0.25) is 0 Å². The summed E-state index contributed by atoms with van der Waals surface area (Å²) in [6.07, 6.45) is -1.16. The lowest BCUT2D eigenvalue weighted by Crippen LogP contribution is -2.41. The van der Waals surface area contributed by atoms with Gasteiger partial charge in [-0.1, -0.05) is 12.1 Å². The summed E-state index contributed by atoms with van der Waals surface area (Å²) < 4.78 is 21.3. The number of methoxy groups -OCH3 is 1. The largest absolute Gasteiger partial charge is 0.497 e. The number of benzene rings is 1. The molecule has 21 heavy (non-hydrogen) atoms. The molecule has 0 aliphatic carbocycles. The van der Waals surface area contributed by atoms with Crippen LogP contribution in [0.4, 0.5) is 4.79 Å². The van der Waals surface area contributed by atoms with Crippen LogP contribution in [0.1, 0.15) is 25.5 Å². The summed E-state index contributed by atoms with van der Waals surface area (Å²) in [6.45, 7) is 4.89. The summed E-state index contributed by atoms with van der Waals surface area (Å²) in [5.74, 6) is 0.765.